The Hall–Kier alpha value is -4.48. The zero-order valence-corrected chi connectivity index (χ0v) is 26.2. The number of ether oxygens (including phenoxy) is 1. The van der Waals surface area contributed by atoms with Crippen LogP contribution in [0.2, 0.25) is 10.0 Å². The summed E-state index contributed by atoms with van der Waals surface area (Å²) in [5, 5.41) is 9.29. The first kappa shape index (κ1) is 29.2. The Bertz CT molecular complexity index is 1990. The third kappa shape index (κ3) is 6.50. The van der Waals surface area contributed by atoms with Gasteiger partial charge in [0.2, 0.25) is 11.9 Å². The lowest BCUT2D eigenvalue weighted by atomic mass is 10.1. The van der Waals surface area contributed by atoms with Gasteiger partial charge in [0.1, 0.15) is 5.69 Å². The van der Waals surface area contributed by atoms with E-state index in [9.17, 15) is 4.79 Å². The van der Waals surface area contributed by atoms with Crippen LogP contribution in [0.25, 0.3) is 27.6 Å². The highest BCUT2D eigenvalue weighted by Gasteiger charge is 2.19. The number of imidazole rings is 1. The van der Waals surface area contributed by atoms with Crippen LogP contribution in [0.5, 0.6) is 0 Å². The van der Waals surface area contributed by atoms with Gasteiger partial charge in [-0.3, -0.25) is 9.20 Å². The van der Waals surface area contributed by atoms with Gasteiger partial charge < -0.3 is 20.3 Å². The second kappa shape index (κ2) is 12.9. The average molecular weight is 657 g/mol. The molecule has 12 heteroatoms. The molecule has 3 aromatic carbocycles. The van der Waals surface area contributed by atoms with Crippen LogP contribution >= 0.6 is 34.5 Å². The average Bonchev–Trinajstić information content (AvgIpc) is 3.66. The highest BCUT2D eigenvalue weighted by molar-refractivity contribution is 7.15. The van der Waals surface area contributed by atoms with Crippen LogP contribution in [0.4, 0.5) is 23.0 Å². The molecule has 1 amide bonds. The van der Waals surface area contributed by atoms with E-state index in [-0.39, 0.29) is 12.3 Å². The molecule has 0 radical (unpaired) electrons. The molecule has 0 atom stereocenters. The van der Waals surface area contributed by atoms with E-state index in [0.29, 0.717) is 32.9 Å². The van der Waals surface area contributed by atoms with E-state index in [1.54, 1.807) is 24.4 Å². The number of fused-ring (bicyclic) bond motifs is 1. The number of amides is 1. The third-order valence-corrected chi connectivity index (χ3v) is 8.79. The van der Waals surface area contributed by atoms with Gasteiger partial charge in [0, 0.05) is 63.5 Å². The van der Waals surface area contributed by atoms with E-state index in [0.717, 1.165) is 59.6 Å². The van der Waals surface area contributed by atoms with Gasteiger partial charge in [0.05, 0.1) is 31.0 Å². The molecular weight excluding hydrogens is 629 g/mol. The molecule has 1 aliphatic heterocycles. The number of hydrogen-bond donors (Lipinski definition) is 2. The van der Waals surface area contributed by atoms with Crippen molar-refractivity contribution < 1.29 is 9.53 Å². The van der Waals surface area contributed by atoms with Crippen molar-refractivity contribution in [3.8, 4) is 22.6 Å². The smallest absolute Gasteiger partial charge is 0.228 e. The zero-order chi connectivity index (χ0) is 30.8. The molecule has 0 bridgehead atoms. The molecule has 2 N–H and O–H groups in total. The molecular formula is C33H27Cl2N7O2S. The van der Waals surface area contributed by atoms with Crippen molar-refractivity contribution in [1.82, 2.24) is 19.4 Å². The van der Waals surface area contributed by atoms with Crippen molar-refractivity contribution in [2.24, 2.45) is 0 Å². The molecule has 7 rings (SSSR count). The van der Waals surface area contributed by atoms with Crippen LogP contribution in [-0.2, 0) is 16.0 Å². The monoisotopic (exact) mass is 655 g/mol. The fourth-order valence-electron chi connectivity index (χ4n) is 5.28. The first-order valence-electron chi connectivity index (χ1n) is 14.3. The highest BCUT2D eigenvalue weighted by Crippen LogP contribution is 2.35. The lowest BCUT2D eigenvalue weighted by Gasteiger charge is -2.28. The second-order valence-electron chi connectivity index (χ2n) is 10.4. The zero-order valence-electron chi connectivity index (χ0n) is 23.9. The van der Waals surface area contributed by atoms with Gasteiger partial charge in [-0.1, -0.05) is 41.4 Å². The van der Waals surface area contributed by atoms with Crippen molar-refractivity contribution in [3.63, 3.8) is 0 Å². The molecule has 1 saturated heterocycles. The number of rotatable bonds is 8. The van der Waals surface area contributed by atoms with Crippen LogP contribution in [0, 0.1) is 0 Å². The van der Waals surface area contributed by atoms with Gasteiger partial charge in [-0.2, -0.15) is 0 Å². The van der Waals surface area contributed by atoms with Crippen molar-refractivity contribution in [2.45, 2.75) is 6.42 Å². The van der Waals surface area contributed by atoms with E-state index in [4.69, 9.17) is 37.9 Å². The standard InChI is InChI=1S/C33H27Cl2N7O2S/c34-23-5-4-21(27(35)20-23)19-29(43)37-25-3-1-2-22(18-25)30-31(42-14-17-45-33(42)40-30)28-10-11-36-32(39-28)38-24-6-8-26(9-7-24)41-12-15-44-16-13-41/h1-11,14,17-18,20H,12-13,15-16,19H2,(H,37,43)(H,36,38,39). The Labute approximate surface area is 273 Å². The number of carbonyl (C=O) groups is 1. The van der Waals surface area contributed by atoms with E-state index in [1.165, 1.54) is 11.3 Å². The molecule has 226 valence electrons. The molecule has 0 aliphatic carbocycles. The summed E-state index contributed by atoms with van der Waals surface area (Å²) in [6.07, 6.45) is 3.84. The highest BCUT2D eigenvalue weighted by atomic mass is 35.5. The summed E-state index contributed by atoms with van der Waals surface area (Å²) >= 11 is 13.8. The first-order valence-corrected chi connectivity index (χ1v) is 16.0. The number of thiazole rings is 1. The molecule has 1 fully saturated rings. The number of morpholine rings is 1. The Morgan fingerprint density at radius 2 is 1.80 bits per heavy atom. The van der Waals surface area contributed by atoms with Gasteiger partial charge in [0.15, 0.2) is 4.96 Å². The van der Waals surface area contributed by atoms with Crippen molar-refractivity contribution in [3.05, 3.63) is 106 Å². The number of halogens is 2. The molecule has 9 nitrogen and oxygen atoms in total. The quantitative estimate of drug-likeness (QED) is 0.174. The first-order chi connectivity index (χ1) is 22.0. The summed E-state index contributed by atoms with van der Waals surface area (Å²) in [6, 6.07) is 22.9. The van der Waals surface area contributed by atoms with Gasteiger partial charge in [0.25, 0.3) is 0 Å². The maximum absolute atomic E-state index is 12.9. The number of aromatic nitrogens is 4. The summed E-state index contributed by atoms with van der Waals surface area (Å²) < 4.78 is 7.50. The minimum atomic E-state index is -0.188. The van der Waals surface area contributed by atoms with Gasteiger partial charge in [-0.15, -0.1) is 11.3 Å². The molecule has 1 aliphatic rings. The van der Waals surface area contributed by atoms with E-state index in [2.05, 4.69) is 32.7 Å². The summed E-state index contributed by atoms with van der Waals surface area (Å²) in [4.78, 5) is 30.3. The van der Waals surface area contributed by atoms with Crippen LogP contribution in [0.3, 0.4) is 0 Å². The molecule has 0 spiro atoms. The summed E-state index contributed by atoms with van der Waals surface area (Å²) in [6.45, 7) is 3.26. The molecule has 4 heterocycles. The fourth-order valence-corrected chi connectivity index (χ4v) is 6.47. The summed E-state index contributed by atoms with van der Waals surface area (Å²) in [5.74, 6) is 0.288. The maximum atomic E-state index is 12.9. The lowest BCUT2D eigenvalue weighted by Crippen LogP contribution is -2.36. The number of nitrogens with zero attached hydrogens (tertiary/aromatic N) is 5. The van der Waals surface area contributed by atoms with E-state index in [1.807, 2.05) is 58.4 Å². The predicted molar refractivity (Wildman–Crippen MR) is 181 cm³/mol. The van der Waals surface area contributed by atoms with Crippen LogP contribution < -0.4 is 15.5 Å². The van der Waals surface area contributed by atoms with Gasteiger partial charge in [-0.25, -0.2) is 15.0 Å². The Kier molecular flexibility index (Phi) is 8.36. The largest absolute Gasteiger partial charge is 0.378 e. The topological polar surface area (TPSA) is 96.7 Å². The number of hydrogen-bond acceptors (Lipinski definition) is 8. The number of anilines is 4. The maximum Gasteiger partial charge on any atom is 0.228 e. The molecule has 0 unspecified atom stereocenters. The number of carbonyl (C=O) groups excluding carboxylic acids is 1. The van der Waals surface area contributed by atoms with Gasteiger partial charge in [-0.05, 0) is 60.2 Å². The number of benzene rings is 3. The van der Waals surface area contributed by atoms with Crippen LogP contribution in [0.1, 0.15) is 5.56 Å². The van der Waals surface area contributed by atoms with E-state index >= 15 is 0 Å². The molecule has 3 aromatic heterocycles. The fraction of sp³-hybridized carbons (Fsp3) is 0.152. The third-order valence-electron chi connectivity index (χ3n) is 7.45. The minimum Gasteiger partial charge on any atom is -0.378 e. The lowest BCUT2D eigenvalue weighted by molar-refractivity contribution is -0.115. The van der Waals surface area contributed by atoms with Crippen molar-refractivity contribution in [1.29, 1.82) is 0 Å². The Morgan fingerprint density at radius 1 is 0.956 bits per heavy atom. The van der Waals surface area contributed by atoms with Crippen molar-refractivity contribution >= 4 is 68.4 Å². The normalized spacial score (nSPS) is 13.2. The Balaban J connectivity index is 1.14. The number of nitrogens with one attached hydrogen (secondary N) is 2. The Morgan fingerprint density at radius 3 is 2.62 bits per heavy atom. The summed E-state index contributed by atoms with van der Waals surface area (Å²) in [5.41, 5.74) is 6.54. The minimum absolute atomic E-state index is 0.123. The predicted octanol–water partition coefficient (Wildman–Crippen LogP) is 7.59. The van der Waals surface area contributed by atoms with Crippen LogP contribution in [0.15, 0.2) is 90.6 Å². The molecule has 6 aromatic rings. The summed E-state index contributed by atoms with van der Waals surface area (Å²) in [7, 11) is 0. The van der Waals surface area contributed by atoms with Crippen molar-refractivity contribution in [2.75, 3.05) is 41.8 Å². The second-order valence-corrected chi connectivity index (χ2v) is 12.2. The molecule has 45 heavy (non-hydrogen) atoms. The van der Waals surface area contributed by atoms with Crippen LogP contribution in [-0.4, -0.2) is 51.6 Å². The molecule has 0 saturated carbocycles. The SMILES string of the molecule is O=C(Cc1ccc(Cl)cc1Cl)Nc1cccc(-c2nc3sccn3c2-c2ccnc(Nc3ccc(N4CCOCC4)cc3)n2)c1. The van der Waals surface area contributed by atoms with Gasteiger partial charge >= 0.3 is 0 Å². The van der Waals surface area contributed by atoms with E-state index < -0.39 is 0 Å².